The number of morpholine rings is 1. The number of anilines is 5. The minimum absolute atomic E-state index is 0.101. The van der Waals surface area contributed by atoms with Crippen molar-refractivity contribution in [1.82, 2.24) is 9.97 Å². The van der Waals surface area contributed by atoms with Crippen LogP contribution in [0.2, 0.25) is 0 Å². The first-order valence-corrected chi connectivity index (χ1v) is 13.5. The van der Waals surface area contributed by atoms with Crippen molar-refractivity contribution >= 4 is 40.5 Å². The molecule has 0 spiro atoms. The van der Waals surface area contributed by atoms with E-state index in [0.29, 0.717) is 47.7 Å². The molecule has 11 heteroatoms. The highest BCUT2D eigenvalue weighted by molar-refractivity contribution is 6.03. The predicted molar refractivity (Wildman–Crippen MR) is 160 cm³/mol. The lowest BCUT2D eigenvalue weighted by Gasteiger charge is -2.29. The molecule has 1 aliphatic rings. The van der Waals surface area contributed by atoms with Crippen LogP contribution in [-0.2, 0) is 25.5 Å². The molecule has 218 valence electrons. The second-order valence-electron chi connectivity index (χ2n) is 10.5. The summed E-state index contributed by atoms with van der Waals surface area (Å²) in [5.74, 6) is 1.18. The Kier molecular flexibility index (Phi) is 9.61. The molecule has 41 heavy (non-hydrogen) atoms. The highest BCUT2D eigenvalue weighted by atomic mass is 16.6. The summed E-state index contributed by atoms with van der Waals surface area (Å²) >= 11 is 0. The van der Waals surface area contributed by atoms with Crippen molar-refractivity contribution in [2.75, 3.05) is 56.1 Å². The Morgan fingerprint density at radius 1 is 1.07 bits per heavy atom. The normalized spacial score (nSPS) is 13.9. The maximum absolute atomic E-state index is 12.6. The van der Waals surface area contributed by atoms with Gasteiger partial charge in [0.15, 0.2) is 0 Å². The van der Waals surface area contributed by atoms with Crippen LogP contribution in [0, 0.1) is 0 Å². The molecular formula is C30H38N6O5. The summed E-state index contributed by atoms with van der Waals surface area (Å²) in [6.07, 6.45) is 1.77. The number of carbonyl (C=O) groups is 1. The van der Waals surface area contributed by atoms with Crippen LogP contribution >= 0.6 is 0 Å². The van der Waals surface area contributed by atoms with Crippen LogP contribution in [0.25, 0.3) is 0 Å². The minimum atomic E-state index is -0.574. The summed E-state index contributed by atoms with van der Waals surface area (Å²) in [6.45, 7) is 10.4. The van der Waals surface area contributed by atoms with Crippen LogP contribution in [-0.4, -0.2) is 67.8 Å². The highest BCUT2D eigenvalue weighted by Crippen LogP contribution is 2.32. The van der Waals surface area contributed by atoms with Crippen molar-refractivity contribution in [2.24, 2.45) is 5.16 Å². The van der Waals surface area contributed by atoms with E-state index in [4.69, 9.17) is 24.0 Å². The van der Waals surface area contributed by atoms with Crippen molar-refractivity contribution < 1.29 is 23.8 Å². The summed E-state index contributed by atoms with van der Waals surface area (Å²) in [5, 5.41) is 10.7. The third-order valence-electron chi connectivity index (χ3n) is 6.24. The zero-order chi connectivity index (χ0) is 29.4. The summed E-state index contributed by atoms with van der Waals surface area (Å²) < 4.78 is 16.7. The largest absolute Gasteiger partial charge is 0.494 e. The molecule has 4 rings (SSSR count). The van der Waals surface area contributed by atoms with Gasteiger partial charge in [-0.3, -0.25) is 4.79 Å². The molecule has 1 aliphatic heterocycles. The van der Waals surface area contributed by atoms with Crippen LogP contribution < -0.4 is 20.3 Å². The number of nitrogens with zero attached hydrogens (tertiary/aromatic N) is 4. The van der Waals surface area contributed by atoms with Gasteiger partial charge in [-0.15, -0.1) is 0 Å². The predicted octanol–water partition coefficient (Wildman–Crippen LogP) is 5.06. The molecule has 1 aromatic heterocycles. The van der Waals surface area contributed by atoms with Crippen LogP contribution in [0.15, 0.2) is 53.8 Å². The molecule has 0 bridgehead atoms. The fourth-order valence-corrected chi connectivity index (χ4v) is 4.37. The molecule has 0 unspecified atom stereocenters. The van der Waals surface area contributed by atoms with Gasteiger partial charge in [0.05, 0.1) is 43.7 Å². The van der Waals surface area contributed by atoms with E-state index in [1.54, 1.807) is 20.2 Å². The number of hydrogen-bond donors (Lipinski definition) is 2. The third kappa shape index (κ3) is 8.07. The van der Waals surface area contributed by atoms with Gasteiger partial charge >= 0.3 is 5.97 Å². The number of para-hydroxylation sites is 1. The molecule has 0 amide bonds. The topological polar surface area (TPSA) is 119 Å². The Morgan fingerprint density at radius 3 is 2.54 bits per heavy atom. The van der Waals surface area contributed by atoms with Gasteiger partial charge in [0.1, 0.15) is 24.3 Å². The van der Waals surface area contributed by atoms with Crippen LogP contribution in [0.3, 0.4) is 0 Å². The molecule has 0 atom stereocenters. The average Bonchev–Trinajstić information content (AvgIpc) is 2.94. The van der Waals surface area contributed by atoms with Gasteiger partial charge in [-0.05, 0) is 51.5 Å². The van der Waals surface area contributed by atoms with Crippen molar-refractivity contribution in [3.63, 3.8) is 0 Å². The monoisotopic (exact) mass is 562 g/mol. The molecule has 11 nitrogen and oxygen atoms in total. The fraction of sp³-hybridized carbons (Fsp3) is 0.400. The molecule has 2 N–H and O–H groups in total. The zero-order valence-corrected chi connectivity index (χ0v) is 24.5. The number of aromatic nitrogens is 2. The molecule has 2 heterocycles. The molecule has 0 radical (unpaired) electrons. The lowest BCUT2D eigenvalue weighted by Crippen LogP contribution is -2.36. The number of ether oxygens (including phenoxy) is 3. The van der Waals surface area contributed by atoms with E-state index in [0.717, 1.165) is 30.0 Å². The van der Waals surface area contributed by atoms with Gasteiger partial charge in [0.25, 0.3) is 0 Å². The number of esters is 1. The first-order valence-electron chi connectivity index (χ1n) is 13.5. The smallest absolute Gasteiger partial charge is 0.310 e. The summed E-state index contributed by atoms with van der Waals surface area (Å²) in [7, 11) is 3.11. The quantitative estimate of drug-likeness (QED) is 0.197. The lowest BCUT2D eigenvalue weighted by atomic mass is 10.1. The Hall–Kier alpha value is -4.38. The van der Waals surface area contributed by atoms with Gasteiger partial charge in [-0.25, -0.2) is 4.98 Å². The van der Waals surface area contributed by atoms with Crippen molar-refractivity contribution in [2.45, 2.75) is 39.7 Å². The standard InChI is InChI=1S/C30H38N6O5/c1-20(35-39-6)23-19-31-29(33-25-12-11-22(18-26(25)38-5)36-13-15-40-16-14-36)34-28(23)32-24-10-8-7-9-21(24)17-27(37)41-30(2,3)4/h7-12,18-19H,13-17H2,1-6H3,(H2,31,32,33,34)/b35-20+. The fourth-order valence-electron chi connectivity index (χ4n) is 4.37. The number of nitrogens with one attached hydrogen (secondary N) is 2. The molecule has 1 saturated heterocycles. The lowest BCUT2D eigenvalue weighted by molar-refractivity contribution is -0.153. The second kappa shape index (κ2) is 13.3. The van der Waals surface area contributed by atoms with E-state index in [9.17, 15) is 4.79 Å². The average molecular weight is 563 g/mol. The molecule has 3 aromatic rings. The number of carbonyl (C=O) groups excluding carboxylic acids is 1. The third-order valence-corrected chi connectivity index (χ3v) is 6.24. The number of benzene rings is 2. The van der Waals surface area contributed by atoms with Gasteiger partial charge < -0.3 is 34.6 Å². The van der Waals surface area contributed by atoms with Gasteiger partial charge in [0, 0.05) is 36.7 Å². The first kappa shape index (κ1) is 29.6. The molecule has 0 saturated carbocycles. The molecular weight excluding hydrogens is 524 g/mol. The van der Waals surface area contributed by atoms with Gasteiger partial charge in [-0.1, -0.05) is 23.4 Å². The molecule has 2 aromatic carbocycles. The maximum atomic E-state index is 12.6. The highest BCUT2D eigenvalue weighted by Gasteiger charge is 2.20. The van der Waals surface area contributed by atoms with E-state index in [-0.39, 0.29) is 12.4 Å². The Bertz CT molecular complexity index is 1380. The number of hydrogen-bond acceptors (Lipinski definition) is 11. The Balaban J connectivity index is 1.63. The van der Waals surface area contributed by atoms with E-state index < -0.39 is 5.60 Å². The van der Waals surface area contributed by atoms with Crippen molar-refractivity contribution in [1.29, 1.82) is 0 Å². The van der Waals surface area contributed by atoms with Crippen molar-refractivity contribution in [3.05, 3.63) is 59.8 Å². The molecule has 1 fully saturated rings. The van der Waals surface area contributed by atoms with Crippen LogP contribution in [0.4, 0.5) is 28.8 Å². The zero-order valence-electron chi connectivity index (χ0n) is 24.5. The minimum Gasteiger partial charge on any atom is -0.494 e. The molecule has 0 aliphatic carbocycles. The summed E-state index contributed by atoms with van der Waals surface area (Å²) in [4.78, 5) is 29.1. The van der Waals surface area contributed by atoms with E-state index >= 15 is 0 Å². The first-order chi connectivity index (χ1) is 19.7. The van der Waals surface area contributed by atoms with E-state index in [2.05, 4.69) is 25.7 Å². The summed E-state index contributed by atoms with van der Waals surface area (Å²) in [6, 6.07) is 13.5. The van der Waals surface area contributed by atoms with Crippen LogP contribution in [0.1, 0.15) is 38.8 Å². The van der Waals surface area contributed by atoms with Gasteiger partial charge in [-0.2, -0.15) is 4.98 Å². The van der Waals surface area contributed by atoms with Gasteiger partial charge in [0.2, 0.25) is 5.95 Å². The Labute approximate surface area is 240 Å². The number of methoxy groups -OCH3 is 1. The van der Waals surface area contributed by atoms with E-state index in [1.165, 1.54) is 7.11 Å². The summed E-state index contributed by atoms with van der Waals surface area (Å²) in [5.41, 5.74) is 3.90. The Morgan fingerprint density at radius 2 is 1.83 bits per heavy atom. The van der Waals surface area contributed by atoms with E-state index in [1.807, 2.05) is 63.2 Å². The SMILES string of the molecule is CO/N=C(\C)c1cnc(Nc2ccc(N3CCOCC3)cc2OC)nc1Nc1ccccc1CC(=O)OC(C)(C)C. The van der Waals surface area contributed by atoms with Crippen LogP contribution in [0.5, 0.6) is 5.75 Å². The number of oxime groups is 1. The van der Waals surface area contributed by atoms with Crippen molar-refractivity contribution in [3.8, 4) is 5.75 Å². The second-order valence-corrected chi connectivity index (χ2v) is 10.5. The number of rotatable bonds is 10. The maximum Gasteiger partial charge on any atom is 0.310 e.